The predicted molar refractivity (Wildman–Crippen MR) is 51.2 cm³/mol. The third-order valence-electron chi connectivity index (χ3n) is 1.80. The summed E-state index contributed by atoms with van der Waals surface area (Å²) in [6.07, 6.45) is -0.907. The maximum Gasteiger partial charge on any atom is 0.416 e. The van der Waals surface area contributed by atoms with Crippen LogP contribution in [0.15, 0.2) is 30.3 Å². The summed E-state index contributed by atoms with van der Waals surface area (Å²) in [5.74, 6) is 0. The largest absolute Gasteiger partial charge is 0.416 e. The van der Waals surface area contributed by atoms with E-state index in [4.69, 9.17) is 0 Å². The van der Waals surface area contributed by atoms with Crippen LogP contribution in [0, 0.1) is 0 Å². The molecule has 0 saturated heterocycles. The van der Waals surface area contributed by atoms with Gasteiger partial charge in [0.15, 0.2) is 0 Å². The second-order valence-corrected chi connectivity index (χ2v) is 2.89. The number of halogens is 3. The zero-order valence-electron chi connectivity index (χ0n) is 7.79. The normalized spacial score (nSPS) is 11.9. The Kier molecular flexibility index (Phi) is 3.66. The lowest BCUT2D eigenvalue weighted by Gasteiger charge is -2.09. The van der Waals surface area contributed by atoms with Crippen LogP contribution in [0.1, 0.15) is 17.5 Å². The zero-order valence-corrected chi connectivity index (χ0v) is 7.79. The SMILES string of the molecule is O=CC/C=C\c1ccccc1C(F)(F)F. The Labute approximate surface area is 85.2 Å². The van der Waals surface area contributed by atoms with Crippen LogP contribution in [0.5, 0.6) is 0 Å². The van der Waals surface area contributed by atoms with E-state index in [9.17, 15) is 18.0 Å². The van der Waals surface area contributed by atoms with Gasteiger partial charge in [-0.3, -0.25) is 0 Å². The van der Waals surface area contributed by atoms with Gasteiger partial charge in [-0.1, -0.05) is 30.4 Å². The van der Waals surface area contributed by atoms with Crippen LogP contribution >= 0.6 is 0 Å². The Morgan fingerprint density at radius 3 is 2.47 bits per heavy atom. The highest BCUT2D eigenvalue weighted by Gasteiger charge is 2.32. The fraction of sp³-hybridized carbons (Fsp3) is 0.182. The molecule has 0 fully saturated rings. The van der Waals surface area contributed by atoms with Gasteiger partial charge in [0.25, 0.3) is 0 Å². The minimum Gasteiger partial charge on any atom is -0.303 e. The first kappa shape index (κ1) is 11.5. The number of carbonyl (C=O) groups excluding carboxylic acids is 1. The number of rotatable bonds is 3. The molecule has 0 aliphatic carbocycles. The molecule has 1 aromatic carbocycles. The maximum absolute atomic E-state index is 12.5. The number of hydrogen-bond acceptors (Lipinski definition) is 1. The summed E-state index contributed by atoms with van der Waals surface area (Å²) in [6, 6.07) is 5.24. The maximum atomic E-state index is 12.5. The molecule has 0 saturated carbocycles. The van der Waals surface area contributed by atoms with Crippen LogP contribution in [-0.4, -0.2) is 6.29 Å². The van der Waals surface area contributed by atoms with Gasteiger partial charge in [0.1, 0.15) is 6.29 Å². The lowest BCUT2D eigenvalue weighted by molar-refractivity contribution is -0.137. The van der Waals surface area contributed by atoms with E-state index in [-0.39, 0.29) is 12.0 Å². The molecule has 0 aliphatic heterocycles. The quantitative estimate of drug-likeness (QED) is 0.705. The molecular formula is C11H9F3O. The van der Waals surface area contributed by atoms with Crippen molar-refractivity contribution in [2.75, 3.05) is 0 Å². The molecule has 0 bridgehead atoms. The first-order chi connectivity index (χ1) is 7.05. The van der Waals surface area contributed by atoms with E-state index in [1.54, 1.807) is 0 Å². The topological polar surface area (TPSA) is 17.1 Å². The minimum absolute atomic E-state index is 0.0758. The van der Waals surface area contributed by atoms with Crippen molar-refractivity contribution < 1.29 is 18.0 Å². The molecule has 0 aromatic heterocycles. The standard InChI is InChI=1S/C11H9F3O/c12-11(13,14)10-7-2-1-5-9(10)6-3-4-8-15/h1-3,5-8H,4H2/b6-3-. The number of alkyl halides is 3. The molecule has 0 heterocycles. The number of aldehydes is 1. The second kappa shape index (κ2) is 4.77. The Morgan fingerprint density at radius 1 is 1.20 bits per heavy atom. The molecule has 0 amide bonds. The lowest BCUT2D eigenvalue weighted by atomic mass is 10.1. The molecule has 0 atom stereocenters. The monoisotopic (exact) mass is 214 g/mol. The number of benzene rings is 1. The first-order valence-electron chi connectivity index (χ1n) is 4.32. The van der Waals surface area contributed by atoms with Crippen molar-refractivity contribution in [3.8, 4) is 0 Å². The predicted octanol–water partition coefficient (Wildman–Crippen LogP) is 3.31. The fourth-order valence-electron chi connectivity index (χ4n) is 1.15. The fourth-order valence-corrected chi connectivity index (χ4v) is 1.15. The average molecular weight is 214 g/mol. The Hall–Kier alpha value is -1.58. The van der Waals surface area contributed by atoms with Crippen molar-refractivity contribution in [3.05, 3.63) is 41.5 Å². The van der Waals surface area contributed by atoms with Gasteiger partial charge in [-0.2, -0.15) is 13.2 Å². The summed E-state index contributed by atoms with van der Waals surface area (Å²) >= 11 is 0. The van der Waals surface area contributed by atoms with Crippen molar-refractivity contribution in [2.24, 2.45) is 0 Å². The Morgan fingerprint density at radius 2 is 1.87 bits per heavy atom. The highest BCUT2D eigenvalue weighted by molar-refractivity contribution is 5.60. The number of allylic oxidation sites excluding steroid dienone is 1. The Bertz CT molecular complexity index is 366. The molecule has 0 spiro atoms. The van der Waals surface area contributed by atoms with Crippen LogP contribution in [0.3, 0.4) is 0 Å². The zero-order chi connectivity index (χ0) is 11.3. The van der Waals surface area contributed by atoms with Gasteiger partial charge in [-0.15, -0.1) is 0 Å². The molecular weight excluding hydrogens is 205 g/mol. The highest BCUT2D eigenvalue weighted by Crippen LogP contribution is 2.32. The van der Waals surface area contributed by atoms with Crippen LogP contribution in [0.2, 0.25) is 0 Å². The highest BCUT2D eigenvalue weighted by atomic mass is 19.4. The summed E-state index contributed by atoms with van der Waals surface area (Å²) in [5.41, 5.74) is -0.612. The summed E-state index contributed by atoms with van der Waals surface area (Å²) in [4.78, 5) is 10.0. The molecule has 1 aromatic rings. The molecule has 0 radical (unpaired) electrons. The van der Waals surface area contributed by atoms with Crippen LogP contribution in [0.4, 0.5) is 13.2 Å². The van der Waals surface area contributed by atoms with E-state index in [0.717, 1.165) is 6.07 Å². The van der Waals surface area contributed by atoms with E-state index in [1.165, 1.54) is 30.4 Å². The van der Waals surface area contributed by atoms with Gasteiger partial charge in [0, 0.05) is 6.42 Å². The second-order valence-electron chi connectivity index (χ2n) is 2.89. The van der Waals surface area contributed by atoms with E-state index in [2.05, 4.69) is 0 Å². The summed E-state index contributed by atoms with van der Waals surface area (Å²) in [6.45, 7) is 0. The smallest absolute Gasteiger partial charge is 0.303 e. The number of hydrogen-bond donors (Lipinski definition) is 0. The summed E-state index contributed by atoms with van der Waals surface area (Å²) < 4.78 is 37.4. The third-order valence-corrected chi connectivity index (χ3v) is 1.80. The third kappa shape index (κ3) is 3.23. The Balaban J connectivity index is 3.02. The van der Waals surface area contributed by atoms with Crippen molar-refractivity contribution >= 4 is 12.4 Å². The molecule has 0 N–H and O–H groups in total. The molecule has 80 valence electrons. The van der Waals surface area contributed by atoms with Gasteiger partial charge >= 0.3 is 6.18 Å². The van der Waals surface area contributed by atoms with Crippen LogP contribution in [0.25, 0.3) is 6.08 Å². The van der Waals surface area contributed by atoms with Gasteiger partial charge < -0.3 is 4.79 Å². The molecule has 4 heteroatoms. The summed E-state index contributed by atoms with van der Waals surface area (Å²) in [7, 11) is 0. The van der Waals surface area contributed by atoms with Crippen molar-refractivity contribution in [3.63, 3.8) is 0 Å². The number of carbonyl (C=O) groups is 1. The van der Waals surface area contributed by atoms with Gasteiger partial charge in [0.2, 0.25) is 0 Å². The minimum atomic E-state index is -4.36. The van der Waals surface area contributed by atoms with Crippen molar-refractivity contribution in [1.82, 2.24) is 0 Å². The van der Waals surface area contributed by atoms with E-state index in [1.807, 2.05) is 0 Å². The molecule has 0 aliphatic rings. The van der Waals surface area contributed by atoms with Crippen molar-refractivity contribution in [2.45, 2.75) is 12.6 Å². The van der Waals surface area contributed by atoms with Gasteiger partial charge in [-0.25, -0.2) is 0 Å². The van der Waals surface area contributed by atoms with E-state index in [0.29, 0.717) is 6.29 Å². The lowest BCUT2D eigenvalue weighted by Crippen LogP contribution is -2.06. The molecule has 1 rings (SSSR count). The van der Waals surface area contributed by atoms with Crippen LogP contribution < -0.4 is 0 Å². The summed E-state index contributed by atoms with van der Waals surface area (Å²) in [5, 5.41) is 0. The van der Waals surface area contributed by atoms with Gasteiger partial charge in [-0.05, 0) is 11.6 Å². The first-order valence-corrected chi connectivity index (χ1v) is 4.32. The molecule has 0 unspecified atom stereocenters. The van der Waals surface area contributed by atoms with Crippen LogP contribution in [-0.2, 0) is 11.0 Å². The van der Waals surface area contributed by atoms with E-state index < -0.39 is 11.7 Å². The van der Waals surface area contributed by atoms with Gasteiger partial charge in [0.05, 0.1) is 5.56 Å². The molecule has 1 nitrogen and oxygen atoms in total. The van der Waals surface area contributed by atoms with E-state index >= 15 is 0 Å². The average Bonchev–Trinajstić information content (AvgIpc) is 2.17. The molecule has 15 heavy (non-hydrogen) atoms. The van der Waals surface area contributed by atoms with Crippen molar-refractivity contribution in [1.29, 1.82) is 0 Å².